The summed E-state index contributed by atoms with van der Waals surface area (Å²) >= 11 is 5.18. The van der Waals surface area contributed by atoms with Crippen molar-refractivity contribution < 1.29 is 4.74 Å². The first kappa shape index (κ1) is 13.6. The summed E-state index contributed by atoms with van der Waals surface area (Å²) in [6.45, 7) is 0. The first-order valence-electron chi connectivity index (χ1n) is 6.57. The van der Waals surface area contributed by atoms with E-state index in [1.54, 1.807) is 7.11 Å². The van der Waals surface area contributed by atoms with Crippen LogP contribution in [-0.2, 0) is 6.42 Å². The number of thiocarbonyl (C=S) groups is 1. The predicted molar refractivity (Wildman–Crippen MR) is 86.9 cm³/mol. The molecule has 21 heavy (non-hydrogen) atoms. The molecule has 2 aromatic heterocycles. The van der Waals surface area contributed by atoms with Crippen molar-refractivity contribution >= 4 is 22.9 Å². The van der Waals surface area contributed by atoms with Crippen LogP contribution in [0.4, 0.5) is 0 Å². The van der Waals surface area contributed by atoms with Crippen molar-refractivity contribution in [2.75, 3.05) is 7.11 Å². The van der Waals surface area contributed by atoms with Gasteiger partial charge in [-0.2, -0.15) is 0 Å². The van der Waals surface area contributed by atoms with Gasteiger partial charge in [0.2, 0.25) is 0 Å². The number of nitrogens with two attached hydrogens (primary N) is 1. The Morgan fingerprint density at radius 1 is 1.24 bits per heavy atom. The zero-order valence-electron chi connectivity index (χ0n) is 11.6. The van der Waals surface area contributed by atoms with E-state index >= 15 is 0 Å². The van der Waals surface area contributed by atoms with Gasteiger partial charge in [-0.15, -0.1) is 0 Å². The van der Waals surface area contributed by atoms with Crippen LogP contribution in [-0.4, -0.2) is 21.5 Å². The van der Waals surface area contributed by atoms with Gasteiger partial charge in [-0.1, -0.05) is 30.4 Å². The van der Waals surface area contributed by atoms with Crippen LogP contribution in [0, 0.1) is 0 Å². The second-order valence-electron chi connectivity index (χ2n) is 4.73. The SMILES string of the molecule is COc1ccc(Cc2nc3ccccn3c2C(N)=S)cc1. The molecule has 0 amide bonds. The smallest absolute Gasteiger partial charge is 0.137 e. The molecule has 4 nitrogen and oxygen atoms in total. The van der Waals surface area contributed by atoms with E-state index in [1.807, 2.05) is 53.1 Å². The minimum absolute atomic E-state index is 0.359. The summed E-state index contributed by atoms with van der Waals surface area (Å²) in [5.74, 6) is 0.836. The van der Waals surface area contributed by atoms with Crippen molar-refractivity contribution in [2.24, 2.45) is 5.73 Å². The lowest BCUT2D eigenvalue weighted by Gasteiger charge is -2.04. The van der Waals surface area contributed by atoms with E-state index in [2.05, 4.69) is 4.98 Å². The minimum Gasteiger partial charge on any atom is -0.497 e. The number of imidazole rings is 1. The molecule has 3 rings (SSSR count). The summed E-state index contributed by atoms with van der Waals surface area (Å²) in [5.41, 5.74) is 9.55. The Kier molecular flexibility index (Phi) is 3.58. The van der Waals surface area contributed by atoms with Crippen LogP contribution < -0.4 is 10.5 Å². The molecule has 0 aliphatic rings. The molecular weight excluding hydrogens is 282 g/mol. The summed E-state index contributed by atoms with van der Waals surface area (Å²) < 4.78 is 7.10. The van der Waals surface area contributed by atoms with E-state index in [-0.39, 0.29) is 0 Å². The molecule has 3 aromatic rings. The zero-order valence-corrected chi connectivity index (χ0v) is 12.4. The van der Waals surface area contributed by atoms with Crippen molar-refractivity contribution in [1.29, 1.82) is 0 Å². The second-order valence-corrected chi connectivity index (χ2v) is 5.16. The van der Waals surface area contributed by atoms with Gasteiger partial charge >= 0.3 is 0 Å². The monoisotopic (exact) mass is 297 g/mol. The maximum atomic E-state index is 5.88. The molecular formula is C16H15N3OS. The van der Waals surface area contributed by atoms with E-state index in [0.717, 1.165) is 28.3 Å². The second kappa shape index (κ2) is 5.54. The number of fused-ring (bicyclic) bond motifs is 1. The fourth-order valence-corrected chi connectivity index (χ4v) is 2.58. The topological polar surface area (TPSA) is 52.5 Å². The Morgan fingerprint density at radius 3 is 2.67 bits per heavy atom. The van der Waals surface area contributed by atoms with E-state index in [9.17, 15) is 0 Å². The van der Waals surface area contributed by atoms with Gasteiger partial charge in [-0.05, 0) is 29.8 Å². The zero-order chi connectivity index (χ0) is 14.8. The molecule has 0 atom stereocenters. The maximum Gasteiger partial charge on any atom is 0.137 e. The number of benzene rings is 1. The van der Waals surface area contributed by atoms with Crippen molar-refractivity contribution in [1.82, 2.24) is 9.38 Å². The third-order valence-electron chi connectivity index (χ3n) is 3.37. The quantitative estimate of drug-likeness (QED) is 0.752. The molecule has 0 aliphatic carbocycles. The van der Waals surface area contributed by atoms with Gasteiger partial charge in [0, 0.05) is 12.6 Å². The van der Waals surface area contributed by atoms with Crippen molar-refractivity contribution in [3.05, 3.63) is 65.6 Å². The van der Waals surface area contributed by atoms with Gasteiger partial charge in [-0.25, -0.2) is 4.98 Å². The lowest BCUT2D eigenvalue weighted by Crippen LogP contribution is -2.14. The molecule has 0 spiro atoms. The summed E-state index contributed by atoms with van der Waals surface area (Å²) in [6, 6.07) is 13.7. The molecule has 106 valence electrons. The van der Waals surface area contributed by atoms with Crippen molar-refractivity contribution in [3.63, 3.8) is 0 Å². The molecule has 0 fully saturated rings. The van der Waals surface area contributed by atoms with Crippen LogP contribution in [0.2, 0.25) is 0 Å². The van der Waals surface area contributed by atoms with Gasteiger partial charge in [0.25, 0.3) is 0 Å². The highest BCUT2D eigenvalue weighted by molar-refractivity contribution is 7.80. The highest BCUT2D eigenvalue weighted by atomic mass is 32.1. The van der Waals surface area contributed by atoms with Crippen LogP contribution in [0.5, 0.6) is 5.75 Å². The highest BCUT2D eigenvalue weighted by Gasteiger charge is 2.14. The van der Waals surface area contributed by atoms with Crippen molar-refractivity contribution in [3.8, 4) is 5.75 Å². The molecule has 0 saturated carbocycles. The lowest BCUT2D eigenvalue weighted by atomic mass is 10.1. The minimum atomic E-state index is 0.359. The Labute approximate surface area is 128 Å². The summed E-state index contributed by atoms with van der Waals surface area (Å²) in [5, 5.41) is 0. The van der Waals surface area contributed by atoms with E-state index in [1.165, 1.54) is 0 Å². The average Bonchev–Trinajstić information content (AvgIpc) is 2.86. The molecule has 0 aliphatic heterocycles. The average molecular weight is 297 g/mol. The molecule has 0 saturated heterocycles. The van der Waals surface area contributed by atoms with Crippen molar-refractivity contribution in [2.45, 2.75) is 6.42 Å². The first-order chi connectivity index (χ1) is 10.2. The number of rotatable bonds is 4. The number of hydrogen-bond donors (Lipinski definition) is 1. The first-order valence-corrected chi connectivity index (χ1v) is 6.98. The predicted octanol–water partition coefficient (Wildman–Crippen LogP) is 2.57. The van der Waals surface area contributed by atoms with Crippen LogP contribution in [0.25, 0.3) is 5.65 Å². The van der Waals surface area contributed by atoms with Crippen LogP contribution in [0.1, 0.15) is 17.0 Å². The fraction of sp³-hybridized carbons (Fsp3) is 0.125. The Hall–Kier alpha value is -2.40. The third kappa shape index (κ3) is 2.60. The summed E-state index contributed by atoms with van der Waals surface area (Å²) in [6.07, 6.45) is 2.60. The third-order valence-corrected chi connectivity index (χ3v) is 3.56. The molecule has 2 N–H and O–H groups in total. The number of hydrogen-bond acceptors (Lipinski definition) is 3. The van der Waals surface area contributed by atoms with E-state index < -0.39 is 0 Å². The van der Waals surface area contributed by atoms with E-state index in [4.69, 9.17) is 22.7 Å². The Bertz CT molecular complexity index is 793. The lowest BCUT2D eigenvalue weighted by molar-refractivity contribution is 0.414. The Balaban J connectivity index is 2.02. The molecule has 1 aromatic carbocycles. The van der Waals surface area contributed by atoms with Gasteiger partial charge < -0.3 is 10.5 Å². The standard InChI is InChI=1S/C16H15N3OS/c1-20-12-7-5-11(6-8-12)10-13-15(16(17)21)19-9-3-2-4-14(19)18-13/h2-9H,10H2,1H3,(H2,17,21). The van der Waals surface area contributed by atoms with Crippen LogP contribution >= 0.6 is 12.2 Å². The van der Waals surface area contributed by atoms with Gasteiger partial charge in [0.15, 0.2) is 0 Å². The fourth-order valence-electron chi connectivity index (χ4n) is 2.37. The number of aromatic nitrogens is 2. The molecule has 2 heterocycles. The number of methoxy groups -OCH3 is 1. The van der Waals surface area contributed by atoms with E-state index in [0.29, 0.717) is 11.4 Å². The molecule has 5 heteroatoms. The highest BCUT2D eigenvalue weighted by Crippen LogP contribution is 2.18. The maximum absolute atomic E-state index is 5.88. The normalized spacial score (nSPS) is 10.7. The van der Waals surface area contributed by atoms with Gasteiger partial charge in [-0.3, -0.25) is 4.40 Å². The van der Waals surface area contributed by atoms with Gasteiger partial charge in [0.1, 0.15) is 22.1 Å². The summed E-state index contributed by atoms with van der Waals surface area (Å²) in [7, 11) is 1.65. The van der Waals surface area contributed by atoms with Crippen LogP contribution in [0.15, 0.2) is 48.7 Å². The molecule has 0 bridgehead atoms. The number of ether oxygens (including phenoxy) is 1. The molecule has 0 unspecified atom stereocenters. The Morgan fingerprint density at radius 2 is 2.00 bits per heavy atom. The molecule has 0 radical (unpaired) electrons. The summed E-state index contributed by atoms with van der Waals surface area (Å²) in [4.78, 5) is 4.99. The number of nitrogens with zero attached hydrogens (tertiary/aromatic N) is 2. The number of pyridine rings is 1. The van der Waals surface area contributed by atoms with Crippen LogP contribution in [0.3, 0.4) is 0 Å². The largest absolute Gasteiger partial charge is 0.497 e. The van der Waals surface area contributed by atoms with Gasteiger partial charge in [0.05, 0.1) is 12.8 Å².